The van der Waals surface area contributed by atoms with Crippen molar-refractivity contribution in [3.8, 4) is 11.8 Å². The maximum atomic E-state index is 10.4. The van der Waals surface area contributed by atoms with E-state index in [0.717, 1.165) is 12.8 Å². The zero-order valence-electron chi connectivity index (χ0n) is 12.8. The Bertz CT molecular complexity index is 305. The molecule has 0 amide bonds. The molecule has 0 aliphatic heterocycles. The first-order chi connectivity index (χ1) is 8.24. The quantitative estimate of drug-likeness (QED) is 0.313. The van der Waals surface area contributed by atoms with Crippen LogP contribution in [-0.2, 0) is 9.22 Å². The van der Waals surface area contributed by atoms with Gasteiger partial charge in [-0.25, -0.2) is 0 Å². The molecule has 0 N–H and O–H groups in total. The number of unbranched alkanes of at least 4 members (excludes halogenated alkanes) is 2. The molecule has 0 saturated carbocycles. The summed E-state index contributed by atoms with van der Waals surface area (Å²) in [6.07, 6.45) is 5.00. The van der Waals surface area contributed by atoms with Crippen molar-refractivity contribution < 1.29 is 9.22 Å². The lowest BCUT2D eigenvalue weighted by Gasteiger charge is -2.38. The summed E-state index contributed by atoms with van der Waals surface area (Å²) in [5.74, 6) is 5.47. The molecule has 0 radical (unpaired) electrons. The van der Waals surface area contributed by atoms with E-state index < -0.39 is 8.32 Å². The van der Waals surface area contributed by atoms with Crippen LogP contribution in [0.4, 0.5) is 0 Å². The first-order valence-electron chi connectivity index (χ1n) is 6.87. The number of carbonyl (C=O) groups excluding carboxylic acids is 1. The van der Waals surface area contributed by atoms with Crippen molar-refractivity contribution in [2.45, 2.75) is 77.6 Å². The summed E-state index contributed by atoms with van der Waals surface area (Å²) in [4.78, 5) is 10.4. The highest BCUT2D eigenvalue weighted by Crippen LogP contribution is 2.37. The van der Waals surface area contributed by atoms with Crippen LogP contribution in [0.5, 0.6) is 0 Å². The molecule has 2 nitrogen and oxygen atoms in total. The maximum absolute atomic E-state index is 10.4. The topological polar surface area (TPSA) is 26.3 Å². The summed E-state index contributed by atoms with van der Waals surface area (Å²) in [6.45, 7) is 13.3. The normalized spacial score (nSPS) is 13.7. The molecule has 3 heteroatoms. The zero-order valence-corrected chi connectivity index (χ0v) is 13.8. The minimum Gasteiger partial charge on any atom is -0.403 e. The van der Waals surface area contributed by atoms with Crippen LogP contribution in [-0.4, -0.2) is 20.7 Å². The van der Waals surface area contributed by atoms with Crippen LogP contribution in [0.15, 0.2) is 0 Å². The van der Waals surface area contributed by atoms with Gasteiger partial charge in [-0.3, -0.25) is 4.79 Å². The molecule has 1 atom stereocenters. The lowest BCUT2D eigenvalue weighted by Crippen LogP contribution is -2.43. The van der Waals surface area contributed by atoms with Gasteiger partial charge in [-0.05, 0) is 36.9 Å². The lowest BCUT2D eigenvalue weighted by atomic mass is 10.1. The van der Waals surface area contributed by atoms with Gasteiger partial charge in [-0.15, -0.1) is 0 Å². The van der Waals surface area contributed by atoms with E-state index in [-0.39, 0.29) is 11.1 Å². The third-order valence-electron chi connectivity index (χ3n) is 3.62. The van der Waals surface area contributed by atoms with Crippen LogP contribution < -0.4 is 0 Å². The molecule has 0 fully saturated rings. The molecule has 0 rings (SSSR count). The second-order valence-corrected chi connectivity index (χ2v) is 11.0. The van der Waals surface area contributed by atoms with Crippen LogP contribution >= 0.6 is 0 Å². The van der Waals surface area contributed by atoms with Gasteiger partial charge >= 0.3 is 0 Å². The molecule has 0 aromatic carbocycles. The SMILES string of the molecule is CCCCC[C@@H](C#CC=O)O[Si](C)(C)C(C)(C)C. The Labute approximate surface area is 114 Å². The first kappa shape index (κ1) is 17.4. The van der Waals surface area contributed by atoms with Crippen molar-refractivity contribution in [3.05, 3.63) is 0 Å². The van der Waals surface area contributed by atoms with Crippen molar-refractivity contribution >= 4 is 14.6 Å². The van der Waals surface area contributed by atoms with Gasteiger partial charge in [0.1, 0.15) is 6.10 Å². The van der Waals surface area contributed by atoms with Gasteiger partial charge in [-0.1, -0.05) is 46.5 Å². The van der Waals surface area contributed by atoms with Gasteiger partial charge in [-0.2, -0.15) is 0 Å². The molecule has 0 bridgehead atoms. The second kappa shape index (κ2) is 7.76. The fourth-order valence-electron chi connectivity index (χ4n) is 1.40. The van der Waals surface area contributed by atoms with Crippen molar-refractivity contribution in [3.63, 3.8) is 0 Å². The number of hydrogen-bond acceptors (Lipinski definition) is 2. The average molecular weight is 268 g/mol. The maximum Gasteiger partial charge on any atom is 0.193 e. The minimum atomic E-state index is -1.80. The van der Waals surface area contributed by atoms with Gasteiger partial charge in [0.25, 0.3) is 0 Å². The van der Waals surface area contributed by atoms with E-state index in [1.807, 2.05) is 0 Å². The van der Waals surface area contributed by atoms with Gasteiger partial charge in [0.15, 0.2) is 14.6 Å². The molecule has 0 aromatic rings. The first-order valence-corrected chi connectivity index (χ1v) is 9.78. The Hall–Kier alpha value is -0.593. The summed E-state index contributed by atoms with van der Waals surface area (Å²) in [5, 5.41) is 0.179. The van der Waals surface area contributed by atoms with Crippen LogP contribution in [0.3, 0.4) is 0 Å². The highest BCUT2D eigenvalue weighted by Gasteiger charge is 2.38. The fourth-order valence-corrected chi connectivity index (χ4v) is 2.64. The Balaban J connectivity index is 4.62. The van der Waals surface area contributed by atoms with E-state index in [4.69, 9.17) is 4.43 Å². The molecular weight excluding hydrogens is 240 g/mol. The zero-order chi connectivity index (χ0) is 14.2. The van der Waals surface area contributed by atoms with Gasteiger partial charge in [0.2, 0.25) is 0 Å². The van der Waals surface area contributed by atoms with E-state index in [9.17, 15) is 4.79 Å². The smallest absolute Gasteiger partial charge is 0.193 e. The summed E-state index contributed by atoms with van der Waals surface area (Å²) in [5.41, 5.74) is 0. The van der Waals surface area contributed by atoms with Crippen LogP contribution in [0, 0.1) is 11.8 Å². The predicted octanol–water partition coefficient (Wildman–Crippen LogP) is 4.16. The molecule has 0 aliphatic carbocycles. The fraction of sp³-hybridized carbons (Fsp3) is 0.800. The number of aldehydes is 1. The minimum absolute atomic E-state index is 0.0809. The highest BCUT2D eigenvalue weighted by atomic mass is 28.4. The van der Waals surface area contributed by atoms with E-state index in [0.29, 0.717) is 6.29 Å². The summed E-state index contributed by atoms with van der Waals surface area (Å²) in [7, 11) is -1.80. The molecule has 0 aliphatic rings. The number of hydrogen-bond donors (Lipinski definition) is 0. The largest absolute Gasteiger partial charge is 0.403 e. The van der Waals surface area contributed by atoms with E-state index in [2.05, 4.69) is 52.6 Å². The Morgan fingerprint density at radius 3 is 2.33 bits per heavy atom. The molecule has 0 saturated heterocycles. The Morgan fingerprint density at radius 1 is 1.28 bits per heavy atom. The monoisotopic (exact) mass is 268 g/mol. The van der Waals surface area contributed by atoms with Crippen LogP contribution in [0.2, 0.25) is 18.1 Å². The standard InChI is InChI=1S/C15H28O2Si/c1-7-8-9-11-14(12-10-13-16)17-18(5,6)15(2,3)4/h13-14H,7-9,11H2,1-6H3/t14-/m0/s1. The lowest BCUT2D eigenvalue weighted by molar-refractivity contribution is -0.103. The van der Waals surface area contributed by atoms with Gasteiger partial charge < -0.3 is 4.43 Å². The molecule has 18 heavy (non-hydrogen) atoms. The van der Waals surface area contributed by atoms with Crippen molar-refractivity contribution in [1.29, 1.82) is 0 Å². The van der Waals surface area contributed by atoms with Gasteiger partial charge in [0, 0.05) is 0 Å². The molecule has 0 aromatic heterocycles. The third-order valence-corrected chi connectivity index (χ3v) is 8.10. The van der Waals surface area contributed by atoms with E-state index in [1.165, 1.54) is 12.8 Å². The van der Waals surface area contributed by atoms with Gasteiger partial charge in [0.05, 0.1) is 0 Å². The molecule has 0 heterocycles. The second-order valence-electron chi connectivity index (χ2n) is 6.27. The highest BCUT2D eigenvalue weighted by molar-refractivity contribution is 6.74. The van der Waals surface area contributed by atoms with Crippen LogP contribution in [0.25, 0.3) is 0 Å². The summed E-state index contributed by atoms with van der Waals surface area (Å²) in [6, 6.07) is 0. The Kier molecular flexibility index (Phi) is 7.50. The number of rotatable bonds is 6. The number of carbonyl (C=O) groups is 1. The van der Waals surface area contributed by atoms with Crippen LogP contribution in [0.1, 0.15) is 53.4 Å². The molecule has 0 unspecified atom stereocenters. The third kappa shape index (κ3) is 6.37. The predicted molar refractivity (Wildman–Crippen MR) is 80.1 cm³/mol. The summed E-state index contributed by atoms with van der Waals surface area (Å²) >= 11 is 0. The molecule has 0 spiro atoms. The summed E-state index contributed by atoms with van der Waals surface area (Å²) < 4.78 is 6.26. The molecular formula is C15H28O2Si. The van der Waals surface area contributed by atoms with Crippen molar-refractivity contribution in [2.24, 2.45) is 0 Å². The van der Waals surface area contributed by atoms with E-state index >= 15 is 0 Å². The van der Waals surface area contributed by atoms with Crippen molar-refractivity contribution in [1.82, 2.24) is 0 Å². The van der Waals surface area contributed by atoms with E-state index in [1.54, 1.807) is 0 Å². The average Bonchev–Trinajstić information content (AvgIpc) is 2.24. The molecule has 104 valence electrons. The van der Waals surface area contributed by atoms with Crippen molar-refractivity contribution in [2.75, 3.05) is 0 Å². The Morgan fingerprint density at radius 2 is 1.89 bits per heavy atom.